The highest BCUT2D eigenvalue weighted by Crippen LogP contribution is 2.12. The van der Waals surface area contributed by atoms with Gasteiger partial charge in [-0.25, -0.2) is 0 Å². The molecule has 18 heavy (non-hydrogen) atoms. The number of likely N-dealkylation sites (tertiary alicyclic amines) is 1. The van der Waals surface area contributed by atoms with Crippen molar-refractivity contribution < 1.29 is 19.1 Å². The van der Waals surface area contributed by atoms with Crippen molar-refractivity contribution in [1.29, 1.82) is 0 Å². The number of ether oxygens (including phenoxy) is 1. The van der Waals surface area contributed by atoms with E-state index in [-0.39, 0.29) is 37.2 Å². The van der Waals surface area contributed by atoms with Crippen LogP contribution in [0.1, 0.15) is 33.1 Å². The number of esters is 1. The van der Waals surface area contributed by atoms with Crippen molar-refractivity contribution in [2.45, 2.75) is 39.2 Å². The van der Waals surface area contributed by atoms with Crippen LogP contribution in [0.3, 0.4) is 0 Å². The van der Waals surface area contributed by atoms with E-state index >= 15 is 0 Å². The zero-order valence-corrected chi connectivity index (χ0v) is 10.9. The molecule has 0 bridgehead atoms. The van der Waals surface area contributed by atoms with Gasteiger partial charge in [-0.2, -0.15) is 0 Å². The van der Waals surface area contributed by atoms with Crippen molar-refractivity contribution in [3.63, 3.8) is 0 Å². The summed E-state index contributed by atoms with van der Waals surface area (Å²) in [4.78, 5) is 35.7. The van der Waals surface area contributed by atoms with Gasteiger partial charge in [0, 0.05) is 19.4 Å². The average molecular weight is 256 g/mol. The molecule has 0 spiro atoms. The molecule has 0 aliphatic carbocycles. The lowest BCUT2D eigenvalue weighted by atomic mass is 10.2. The number of carbonyl (C=O) groups excluding carboxylic acids is 3. The number of rotatable bonds is 7. The van der Waals surface area contributed by atoms with Crippen LogP contribution in [0.4, 0.5) is 0 Å². The summed E-state index contributed by atoms with van der Waals surface area (Å²) in [6.07, 6.45) is 0.957. The van der Waals surface area contributed by atoms with Crippen molar-refractivity contribution in [2.24, 2.45) is 0 Å². The third kappa shape index (κ3) is 3.80. The van der Waals surface area contributed by atoms with Gasteiger partial charge in [-0.15, -0.1) is 0 Å². The summed E-state index contributed by atoms with van der Waals surface area (Å²) in [5.74, 6) is -0.642. The Kier molecular flexibility index (Phi) is 5.77. The summed E-state index contributed by atoms with van der Waals surface area (Å²) in [5.41, 5.74) is 0. The van der Waals surface area contributed by atoms with E-state index < -0.39 is 6.04 Å². The Hall–Kier alpha value is -1.43. The molecule has 1 unspecified atom stereocenters. The lowest BCUT2D eigenvalue weighted by molar-refractivity contribution is -0.147. The van der Waals surface area contributed by atoms with Crippen molar-refractivity contribution in [3.8, 4) is 0 Å². The summed E-state index contributed by atoms with van der Waals surface area (Å²) in [6, 6.07) is -0.462. The van der Waals surface area contributed by atoms with Crippen LogP contribution in [-0.4, -0.2) is 48.4 Å². The Balaban J connectivity index is 2.48. The first-order valence-electron chi connectivity index (χ1n) is 6.33. The number of nitrogens with zero attached hydrogens (tertiary/aromatic N) is 1. The largest absolute Gasteiger partial charge is 0.465 e. The van der Waals surface area contributed by atoms with Gasteiger partial charge >= 0.3 is 5.97 Å². The third-order valence-corrected chi connectivity index (χ3v) is 2.82. The predicted molar refractivity (Wildman–Crippen MR) is 64.7 cm³/mol. The maximum absolute atomic E-state index is 11.6. The zero-order valence-electron chi connectivity index (χ0n) is 10.9. The van der Waals surface area contributed by atoms with Crippen LogP contribution in [0.15, 0.2) is 0 Å². The standard InChI is InChI=1S/C12H20N2O4/c1-3-13-9(12(17)18-4-2)7-8-14-10(15)5-6-11(14)16/h9,13H,3-8H2,1-2H3. The number of nitrogens with one attached hydrogen (secondary N) is 1. The topological polar surface area (TPSA) is 75.7 Å². The van der Waals surface area contributed by atoms with Crippen molar-refractivity contribution in [2.75, 3.05) is 19.7 Å². The van der Waals surface area contributed by atoms with Gasteiger partial charge in [-0.05, 0) is 19.9 Å². The molecule has 6 nitrogen and oxygen atoms in total. The average Bonchev–Trinajstić information content (AvgIpc) is 2.65. The summed E-state index contributed by atoms with van der Waals surface area (Å²) in [5, 5.41) is 3.00. The highest BCUT2D eigenvalue weighted by Gasteiger charge is 2.30. The van der Waals surface area contributed by atoms with Crippen LogP contribution in [-0.2, 0) is 19.1 Å². The quantitative estimate of drug-likeness (QED) is 0.515. The third-order valence-electron chi connectivity index (χ3n) is 2.82. The van der Waals surface area contributed by atoms with Crippen molar-refractivity contribution in [3.05, 3.63) is 0 Å². The van der Waals surface area contributed by atoms with Gasteiger partial charge in [0.05, 0.1) is 6.61 Å². The van der Waals surface area contributed by atoms with E-state index in [1.807, 2.05) is 6.92 Å². The van der Waals surface area contributed by atoms with E-state index in [9.17, 15) is 14.4 Å². The van der Waals surface area contributed by atoms with Gasteiger partial charge < -0.3 is 10.1 Å². The molecule has 6 heteroatoms. The van der Waals surface area contributed by atoms with Crippen LogP contribution < -0.4 is 5.32 Å². The van der Waals surface area contributed by atoms with Crippen LogP contribution in [0.5, 0.6) is 0 Å². The second-order valence-corrected chi connectivity index (χ2v) is 4.09. The van der Waals surface area contributed by atoms with E-state index in [0.29, 0.717) is 19.6 Å². The molecule has 0 radical (unpaired) electrons. The molecule has 0 aromatic heterocycles. The maximum atomic E-state index is 11.6. The first kappa shape index (κ1) is 14.6. The summed E-state index contributed by atoms with van der Waals surface area (Å²) >= 11 is 0. The first-order chi connectivity index (χ1) is 8.60. The summed E-state index contributed by atoms with van der Waals surface area (Å²) < 4.78 is 4.94. The van der Waals surface area contributed by atoms with E-state index in [1.165, 1.54) is 4.90 Å². The fourth-order valence-corrected chi connectivity index (χ4v) is 1.92. The molecule has 1 aliphatic rings. The minimum absolute atomic E-state index is 0.154. The SMILES string of the molecule is CCNC(CCN1C(=O)CCC1=O)C(=O)OCC. The van der Waals surface area contributed by atoms with Gasteiger partial charge in [0.2, 0.25) is 11.8 Å². The van der Waals surface area contributed by atoms with Gasteiger partial charge in [-0.3, -0.25) is 19.3 Å². The fraction of sp³-hybridized carbons (Fsp3) is 0.750. The van der Waals surface area contributed by atoms with Gasteiger partial charge in [0.1, 0.15) is 6.04 Å². The molecule has 1 N–H and O–H groups in total. The van der Waals surface area contributed by atoms with Crippen LogP contribution in [0, 0.1) is 0 Å². The Morgan fingerprint density at radius 2 is 1.94 bits per heavy atom. The van der Waals surface area contributed by atoms with Gasteiger partial charge in [-0.1, -0.05) is 6.92 Å². The molecule has 0 saturated carbocycles. The van der Waals surface area contributed by atoms with Crippen LogP contribution >= 0.6 is 0 Å². The molecule has 1 saturated heterocycles. The highest BCUT2D eigenvalue weighted by atomic mass is 16.5. The molecule has 1 heterocycles. The Morgan fingerprint density at radius 1 is 1.33 bits per heavy atom. The van der Waals surface area contributed by atoms with Gasteiger partial charge in [0.25, 0.3) is 0 Å². The maximum Gasteiger partial charge on any atom is 0.323 e. The minimum atomic E-state index is -0.462. The van der Waals surface area contributed by atoms with Crippen molar-refractivity contribution >= 4 is 17.8 Å². The molecule has 1 atom stereocenters. The van der Waals surface area contributed by atoms with E-state index in [1.54, 1.807) is 6.92 Å². The predicted octanol–water partition coefficient (Wildman–Crippen LogP) is 0.0667. The van der Waals surface area contributed by atoms with Crippen LogP contribution in [0.2, 0.25) is 0 Å². The fourth-order valence-electron chi connectivity index (χ4n) is 1.92. The molecule has 2 amide bonds. The lowest BCUT2D eigenvalue weighted by Crippen LogP contribution is -2.42. The number of hydrogen-bond donors (Lipinski definition) is 1. The molecule has 1 rings (SSSR count). The number of amides is 2. The first-order valence-corrected chi connectivity index (χ1v) is 6.33. The van der Waals surface area contributed by atoms with Crippen molar-refractivity contribution in [1.82, 2.24) is 10.2 Å². The molecule has 0 aromatic carbocycles. The molecule has 102 valence electrons. The summed E-state index contributed by atoms with van der Waals surface area (Å²) in [6.45, 7) is 4.86. The highest BCUT2D eigenvalue weighted by molar-refractivity contribution is 6.01. The number of carbonyl (C=O) groups is 3. The van der Waals surface area contributed by atoms with E-state index in [4.69, 9.17) is 4.74 Å². The lowest BCUT2D eigenvalue weighted by Gasteiger charge is -2.19. The number of hydrogen-bond acceptors (Lipinski definition) is 5. The van der Waals surface area contributed by atoms with Crippen LogP contribution in [0.25, 0.3) is 0 Å². The second-order valence-electron chi connectivity index (χ2n) is 4.09. The Bertz CT molecular complexity index is 314. The zero-order chi connectivity index (χ0) is 13.5. The molecule has 1 aliphatic heterocycles. The Labute approximate surface area is 107 Å². The molecule has 0 aromatic rings. The number of imide groups is 1. The number of likely N-dealkylation sites (N-methyl/N-ethyl adjacent to an activating group) is 1. The van der Waals surface area contributed by atoms with E-state index in [0.717, 1.165) is 0 Å². The minimum Gasteiger partial charge on any atom is -0.465 e. The van der Waals surface area contributed by atoms with Gasteiger partial charge in [0.15, 0.2) is 0 Å². The molecular formula is C12H20N2O4. The molecule has 1 fully saturated rings. The summed E-state index contributed by atoms with van der Waals surface area (Å²) in [7, 11) is 0. The second kappa shape index (κ2) is 7.10. The smallest absolute Gasteiger partial charge is 0.323 e. The normalized spacial score (nSPS) is 17.1. The Morgan fingerprint density at radius 3 is 2.44 bits per heavy atom. The molecular weight excluding hydrogens is 236 g/mol. The van der Waals surface area contributed by atoms with E-state index in [2.05, 4.69) is 5.32 Å². The monoisotopic (exact) mass is 256 g/mol.